The van der Waals surface area contributed by atoms with Gasteiger partial charge in [-0.05, 0) is 31.6 Å². The summed E-state index contributed by atoms with van der Waals surface area (Å²) in [6.45, 7) is 2.20. The van der Waals surface area contributed by atoms with E-state index in [1.54, 1.807) is 0 Å². The molecular weight excluding hydrogens is 268 g/mol. The van der Waals surface area contributed by atoms with Crippen molar-refractivity contribution in [2.24, 2.45) is 11.8 Å². The first-order valence-corrected chi connectivity index (χ1v) is 8.40. The Morgan fingerprint density at radius 2 is 1.81 bits per heavy atom. The van der Waals surface area contributed by atoms with Crippen LogP contribution in [0.15, 0.2) is 0 Å². The maximum atomic E-state index is 12.1. The van der Waals surface area contributed by atoms with Crippen LogP contribution >= 0.6 is 0 Å². The fourth-order valence-electron chi connectivity index (χ4n) is 3.79. The maximum absolute atomic E-state index is 12.1. The van der Waals surface area contributed by atoms with E-state index < -0.39 is 11.9 Å². The van der Waals surface area contributed by atoms with Gasteiger partial charge in [0, 0.05) is 12.1 Å². The van der Waals surface area contributed by atoms with Gasteiger partial charge in [0.2, 0.25) is 0 Å². The molecule has 0 aromatic carbocycles. The van der Waals surface area contributed by atoms with E-state index in [4.69, 9.17) is 0 Å². The quantitative estimate of drug-likeness (QED) is 0.746. The summed E-state index contributed by atoms with van der Waals surface area (Å²) in [7, 11) is 0. The summed E-state index contributed by atoms with van der Waals surface area (Å²) in [6, 6.07) is -0.160. The second kappa shape index (κ2) is 7.66. The second-order valence-corrected chi connectivity index (χ2v) is 6.59. The molecule has 2 aliphatic rings. The highest BCUT2D eigenvalue weighted by Crippen LogP contribution is 2.27. The molecule has 5 nitrogen and oxygen atoms in total. The van der Waals surface area contributed by atoms with Crippen molar-refractivity contribution < 1.29 is 14.7 Å². The molecule has 0 spiro atoms. The standard InChI is InChI=1S/C16H28N2O3/c1-2-11-6-5-7-12(10-11)17-16(21)18-14-9-4-3-8-13(14)15(19)20/h11-14H,2-10H2,1H3,(H,19,20)(H2,17,18,21). The molecule has 21 heavy (non-hydrogen) atoms. The highest BCUT2D eigenvalue weighted by Gasteiger charge is 2.32. The van der Waals surface area contributed by atoms with Gasteiger partial charge in [-0.3, -0.25) is 4.79 Å². The Balaban J connectivity index is 1.81. The largest absolute Gasteiger partial charge is 0.481 e. The fourth-order valence-corrected chi connectivity index (χ4v) is 3.79. The van der Waals surface area contributed by atoms with Crippen LogP contribution in [0.3, 0.4) is 0 Å². The monoisotopic (exact) mass is 296 g/mol. The van der Waals surface area contributed by atoms with Gasteiger partial charge in [0.15, 0.2) is 0 Å². The summed E-state index contributed by atoms with van der Waals surface area (Å²) < 4.78 is 0. The van der Waals surface area contributed by atoms with Crippen LogP contribution in [0.2, 0.25) is 0 Å². The van der Waals surface area contributed by atoms with Crippen LogP contribution in [0.4, 0.5) is 4.79 Å². The van der Waals surface area contributed by atoms with E-state index in [2.05, 4.69) is 17.6 Å². The van der Waals surface area contributed by atoms with Crippen LogP contribution in [0.5, 0.6) is 0 Å². The first kappa shape index (κ1) is 16.1. The van der Waals surface area contributed by atoms with Crippen molar-refractivity contribution in [2.45, 2.75) is 76.8 Å². The number of carbonyl (C=O) groups excluding carboxylic acids is 1. The van der Waals surface area contributed by atoms with Crippen molar-refractivity contribution in [1.82, 2.24) is 10.6 Å². The molecule has 2 aliphatic carbocycles. The summed E-state index contributed by atoms with van der Waals surface area (Å²) in [4.78, 5) is 23.4. The zero-order valence-electron chi connectivity index (χ0n) is 12.9. The van der Waals surface area contributed by atoms with E-state index >= 15 is 0 Å². The Hall–Kier alpha value is -1.26. The van der Waals surface area contributed by atoms with Gasteiger partial charge in [-0.1, -0.05) is 39.0 Å². The number of amides is 2. The molecule has 120 valence electrons. The number of aliphatic carboxylic acids is 1. The van der Waals surface area contributed by atoms with Crippen molar-refractivity contribution >= 4 is 12.0 Å². The summed E-state index contributed by atoms with van der Waals surface area (Å²) in [6.07, 6.45) is 9.07. The summed E-state index contributed by atoms with van der Waals surface area (Å²) in [5.41, 5.74) is 0. The summed E-state index contributed by atoms with van der Waals surface area (Å²) >= 11 is 0. The number of nitrogens with one attached hydrogen (secondary N) is 2. The predicted octanol–water partition coefficient (Wildman–Crippen LogP) is 2.90. The lowest BCUT2D eigenvalue weighted by Crippen LogP contribution is -2.51. The van der Waals surface area contributed by atoms with Gasteiger partial charge in [0.05, 0.1) is 5.92 Å². The summed E-state index contributed by atoms with van der Waals surface area (Å²) in [5, 5.41) is 15.2. The molecule has 4 unspecified atom stereocenters. The topological polar surface area (TPSA) is 78.4 Å². The fraction of sp³-hybridized carbons (Fsp3) is 0.875. The number of carbonyl (C=O) groups is 2. The van der Waals surface area contributed by atoms with E-state index in [0.717, 1.165) is 32.1 Å². The molecule has 3 N–H and O–H groups in total. The van der Waals surface area contributed by atoms with Crippen LogP contribution < -0.4 is 10.6 Å². The average molecular weight is 296 g/mol. The van der Waals surface area contributed by atoms with E-state index in [-0.39, 0.29) is 18.1 Å². The third-order valence-electron chi connectivity index (χ3n) is 5.10. The zero-order valence-corrected chi connectivity index (χ0v) is 12.9. The number of hydrogen-bond donors (Lipinski definition) is 3. The number of carboxylic acid groups (broad SMARTS) is 1. The second-order valence-electron chi connectivity index (χ2n) is 6.59. The van der Waals surface area contributed by atoms with Crippen molar-refractivity contribution in [2.75, 3.05) is 0 Å². The Morgan fingerprint density at radius 3 is 2.52 bits per heavy atom. The lowest BCUT2D eigenvalue weighted by atomic mass is 9.84. The lowest BCUT2D eigenvalue weighted by molar-refractivity contribution is -0.143. The highest BCUT2D eigenvalue weighted by atomic mass is 16.4. The molecular formula is C16H28N2O3. The molecule has 0 aromatic rings. The first-order chi connectivity index (χ1) is 10.1. The molecule has 0 bridgehead atoms. The van der Waals surface area contributed by atoms with Crippen molar-refractivity contribution in [3.63, 3.8) is 0 Å². The molecule has 4 atom stereocenters. The molecule has 0 heterocycles. The minimum atomic E-state index is -0.788. The third kappa shape index (κ3) is 4.61. The molecule has 2 amide bonds. The SMILES string of the molecule is CCC1CCCC(NC(=O)NC2CCCCC2C(=O)O)C1. The van der Waals surface area contributed by atoms with Crippen molar-refractivity contribution in [1.29, 1.82) is 0 Å². The van der Waals surface area contributed by atoms with Gasteiger partial charge in [-0.25, -0.2) is 4.79 Å². The van der Waals surface area contributed by atoms with E-state index in [1.807, 2.05) is 0 Å². The van der Waals surface area contributed by atoms with Gasteiger partial charge in [0.25, 0.3) is 0 Å². The highest BCUT2D eigenvalue weighted by molar-refractivity contribution is 5.77. The lowest BCUT2D eigenvalue weighted by Gasteiger charge is -2.32. The van der Waals surface area contributed by atoms with Crippen LogP contribution in [0.25, 0.3) is 0 Å². The van der Waals surface area contributed by atoms with E-state index in [9.17, 15) is 14.7 Å². The smallest absolute Gasteiger partial charge is 0.315 e. The van der Waals surface area contributed by atoms with Crippen LogP contribution in [-0.4, -0.2) is 29.2 Å². The molecule has 2 saturated carbocycles. The average Bonchev–Trinajstić information content (AvgIpc) is 2.47. The van der Waals surface area contributed by atoms with Gasteiger partial charge in [-0.15, -0.1) is 0 Å². The first-order valence-electron chi connectivity index (χ1n) is 8.40. The third-order valence-corrected chi connectivity index (χ3v) is 5.10. The number of rotatable bonds is 4. The Morgan fingerprint density at radius 1 is 1.05 bits per heavy atom. The molecule has 2 fully saturated rings. The predicted molar refractivity (Wildman–Crippen MR) is 81.1 cm³/mol. The van der Waals surface area contributed by atoms with Gasteiger partial charge >= 0.3 is 12.0 Å². The molecule has 0 aromatic heterocycles. The van der Waals surface area contributed by atoms with Crippen LogP contribution in [-0.2, 0) is 4.79 Å². The molecule has 0 aliphatic heterocycles. The molecule has 0 radical (unpaired) electrons. The normalized spacial score (nSPS) is 33.2. The van der Waals surface area contributed by atoms with Crippen molar-refractivity contribution in [3.8, 4) is 0 Å². The number of urea groups is 1. The van der Waals surface area contributed by atoms with Gasteiger partial charge in [0.1, 0.15) is 0 Å². The van der Waals surface area contributed by atoms with Gasteiger partial charge < -0.3 is 15.7 Å². The minimum absolute atomic E-state index is 0.185. The molecule has 5 heteroatoms. The van der Waals surface area contributed by atoms with E-state index in [0.29, 0.717) is 12.3 Å². The Bertz CT molecular complexity index is 373. The van der Waals surface area contributed by atoms with Crippen LogP contribution in [0.1, 0.15) is 64.7 Å². The number of hydrogen-bond acceptors (Lipinski definition) is 2. The molecule has 2 rings (SSSR count). The number of carboxylic acids is 1. The Labute approximate surface area is 126 Å². The Kier molecular flexibility index (Phi) is 5.88. The molecule has 0 saturated heterocycles. The van der Waals surface area contributed by atoms with Crippen LogP contribution in [0, 0.1) is 11.8 Å². The maximum Gasteiger partial charge on any atom is 0.315 e. The van der Waals surface area contributed by atoms with E-state index in [1.165, 1.54) is 19.3 Å². The zero-order chi connectivity index (χ0) is 15.2. The minimum Gasteiger partial charge on any atom is -0.481 e. The summed E-state index contributed by atoms with van der Waals surface area (Å²) in [5.74, 6) is -0.506. The van der Waals surface area contributed by atoms with Gasteiger partial charge in [-0.2, -0.15) is 0 Å². The van der Waals surface area contributed by atoms with Crippen molar-refractivity contribution in [3.05, 3.63) is 0 Å².